The molecule has 1 N–H and O–H groups in total. The first-order valence-electron chi connectivity index (χ1n) is 3.82. The standard InChI is InChI=1S/C8H11N3O/c1-3-8(2,6-9)11-5-4-10-7(11)12/h4-5H,3H2,1-2H3,(H,10,12). The van der Waals surface area contributed by atoms with Crippen molar-refractivity contribution in [2.75, 3.05) is 0 Å². The van der Waals surface area contributed by atoms with Gasteiger partial charge in [0.2, 0.25) is 0 Å². The zero-order valence-electron chi connectivity index (χ0n) is 7.16. The Bertz CT molecular complexity index is 357. The monoisotopic (exact) mass is 165 g/mol. The summed E-state index contributed by atoms with van der Waals surface area (Å²) in [6.07, 6.45) is 3.74. The fourth-order valence-corrected chi connectivity index (χ4v) is 1.01. The van der Waals surface area contributed by atoms with Gasteiger partial charge in [0.05, 0.1) is 6.07 Å². The predicted octanol–water partition coefficient (Wildman–Crippen LogP) is 0.825. The number of hydrogen-bond donors (Lipinski definition) is 1. The van der Waals surface area contributed by atoms with E-state index in [4.69, 9.17) is 5.26 Å². The van der Waals surface area contributed by atoms with E-state index < -0.39 is 5.54 Å². The Morgan fingerprint density at radius 1 is 1.83 bits per heavy atom. The number of nitrogens with one attached hydrogen (secondary N) is 1. The molecule has 4 heteroatoms. The van der Waals surface area contributed by atoms with E-state index in [0.29, 0.717) is 6.42 Å². The molecule has 0 aliphatic carbocycles. The topological polar surface area (TPSA) is 61.6 Å². The molecule has 0 aliphatic rings. The van der Waals surface area contributed by atoms with Crippen LogP contribution in [0.4, 0.5) is 0 Å². The van der Waals surface area contributed by atoms with Crippen molar-refractivity contribution in [3.05, 3.63) is 22.9 Å². The minimum Gasteiger partial charge on any atom is -0.313 e. The van der Waals surface area contributed by atoms with Gasteiger partial charge in [-0.25, -0.2) is 4.79 Å². The Kier molecular flexibility index (Phi) is 2.05. The third kappa shape index (κ3) is 1.14. The molecular weight excluding hydrogens is 154 g/mol. The van der Waals surface area contributed by atoms with Gasteiger partial charge < -0.3 is 4.98 Å². The van der Waals surface area contributed by atoms with E-state index in [9.17, 15) is 4.79 Å². The Morgan fingerprint density at radius 3 is 2.83 bits per heavy atom. The van der Waals surface area contributed by atoms with E-state index >= 15 is 0 Å². The third-order valence-electron chi connectivity index (χ3n) is 2.11. The molecule has 1 aromatic rings. The Balaban J connectivity index is 3.22. The van der Waals surface area contributed by atoms with Crippen LogP contribution in [-0.2, 0) is 5.54 Å². The number of aromatic nitrogens is 2. The van der Waals surface area contributed by atoms with Crippen LogP contribution in [0.15, 0.2) is 17.2 Å². The molecule has 12 heavy (non-hydrogen) atoms. The van der Waals surface area contributed by atoms with Crippen LogP contribution in [-0.4, -0.2) is 9.55 Å². The van der Waals surface area contributed by atoms with Crippen molar-refractivity contribution in [2.24, 2.45) is 0 Å². The molecule has 1 unspecified atom stereocenters. The Labute approximate surface area is 70.4 Å². The molecule has 4 nitrogen and oxygen atoms in total. The Morgan fingerprint density at radius 2 is 2.50 bits per heavy atom. The molecule has 1 aromatic heterocycles. The SMILES string of the molecule is CCC(C)(C#N)n1cc[nH]c1=O. The van der Waals surface area contributed by atoms with E-state index in [1.807, 2.05) is 6.92 Å². The lowest BCUT2D eigenvalue weighted by molar-refractivity contribution is 0.397. The summed E-state index contributed by atoms with van der Waals surface area (Å²) in [6, 6.07) is 2.11. The van der Waals surface area contributed by atoms with Crippen LogP contribution in [0.2, 0.25) is 0 Å². The molecule has 0 aliphatic heterocycles. The van der Waals surface area contributed by atoms with E-state index in [0.717, 1.165) is 0 Å². The molecule has 0 aromatic carbocycles. The largest absolute Gasteiger partial charge is 0.326 e. The van der Waals surface area contributed by atoms with Gasteiger partial charge in [0.1, 0.15) is 5.54 Å². The van der Waals surface area contributed by atoms with Crippen LogP contribution in [0.3, 0.4) is 0 Å². The first-order chi connectivity index (χ1) is 5.64. The summed E-state index contributed by atoms with van der Waals surface area (Å²) in [7, 11) is 0. The van der Waals surface area contributed by atoms with Crippen molar-refractivity contribution in [1.29, 1.82) is 5.26 Å². The van der Waals surface area contributed by atoms with Crippen LogP contribution < -0.4 is 5.69 Å². The summed E-state index contributed by atoms with van der Waals surface area (Å²) in [5, 5.41) is 8.86. The first kappa shape index (κ1) is 8.60. The van der Waals surface area contributed by atoms with Gasteiger partial charge >= 0.3 is 5.69 Å². The summed E-state index contributed by atoms with van der Waals surface area (Å²) >= 11 is 0. The maximum atomic E-state index is 11.1. The van der Waals surface area contributed by atoms with Crippen molar-refractivity contribution in [3.8, 4) is 6.07 Å². The number of hydrogen-bond acceptors (Lipinski definition) is 2. The predicted molar refractivity (Wildman–Crippen MR) is 44.6 cm³/mol. The minimum absolute atomic E-state index is 0.235. The highest BCUT2D eigenvalue weighted by Crippen LogP contribution is 2.15. The molecule has 1 atom stereocenters. The third-order valence-corrected chi connectivity index (χ3v) is 2.11. The van der Waals surface area contributed by atoms with Gasteiger partial charge in [0.25, 0.3) is 0 Å². The number of imidazole rings is 1. The van der Waals surface area contributed by atoms with E-state index in [2.05, 4.69) is 11.1 Å². The first-order valence-corrected chi connectivity index (χ1v) is 3.82. The highest BCUT2D eigenvalue weighted by atomic mass is 16.1. The van der Waals surface area contributed by atoms with Gasteiger partial charge in [-0.2, -0.15) is 5.26 Å². The van der Waals surface area contributed by atoms with Crippen LogP contribution >= 0.6 is 0 Å². The van der Waals surface area contributed by atoms with E-state index in [1.54, 1.807) is 13.1 Å². The van der Waals surface area contributed by atoms with Gasteiger partial charge in [-0.15, -0.1) is 0 Å². The lowest BCUT2D eigenvalue weighted by atomic mass is 10.0. The van der Waals surface area contributed by atoms with Crippen molar-refractivity contribution in [3.63, 3.8) is 0 Å². The molecule has 0 fully saturated rings. The zero-order chi connectivity index (χ0) is 9.19. The molecule has 0 spiro atoms. The Hall–Kier alpha value is -1.50. The van der Waals surface area contributed by atoms with Crippen LogP contribution in [0, 0.1) is 11.3 Å². The molecule has 0 saturated heterocycles. The molecule has 64 valence electrons. The number of aromatic amines is 1. The molecular formula is C8H11N3O. The minimum atomic E-state index is -0.725. The van der Waals surface area contributed by atoms with Crippen LogP contribution in [0.5, 0.6) is 0 Å². The van der Waals surface area contributed by atoms with Gasteiger partial charge in [-0.3, -0.25) is 4.57 Å². The lowest BCUT2D eigenvalue weighted by Crippen LogP contribution is -2.35. The lowest BCUT2D eigenvalue weighted by Gasteiger charge is -2.19. The summed E-state index contributed by atoms with van der Waals surface area (Å²) in [5.41, 5.74) is -0.960. The number of nitriles is 1. The highest BCUT2D eigenvalue weighted by molar-refractivity contribution is 5.03. The molecule has 0 amide bonds. The fraction of sp³-hybridized carbons (Fsp3) is 0.500. The molecule has 0 radical (unpaired) electrons. The second-order valence-electron chi connectivity index (χ2n) is 2.87. The van der Waals surface area contributed by atoms with Gasteiger partial charge in [-0.1, -0.05) is 6.92 Å². The van der Waals surface area contributed by atoms with E-state index in [1.165, 1.54) is 10.8 Å². The normalized spacial score (nSPS) is 15.1. The van der Waals surface area contributed by atoms with Gasteiger partial charge in [0.15, 0.2) is 0 Å². The maximum absolute atomic E-state index is 11.1. The van der Waals surface area contributed by atoms with Crippen molar-refractivity contribution in [1.82, 2.24) is 9.55 Å². The number of nitrogens with zero attached hydrogens (tertiary/aromatic N) is 2. The molecule has 1 heterocycles. The molecule has 0 saturated carbocycles. The highest BCUT2D eigenvalue weighted by Gasteiger charge is 2.24. The van der Waals surface area contributed by atoms with Crippen molar-refractivity contribution < 1.29 is 0 Å². The van der Waals surface area contributed by atoms with Gasteiger partial charge in [0, 0.05) is 12.4 Å². The van der Waals surface area contributed by atoms with E-state index in [-0.39, 0.29) is 5.69 Å². The van der Waals surface area contributed by atoms with Crippen LogP contribution in [0.25, 0.3) is 0 Å². The quantitative estimate of drug-likeness (QED) is 0.705. The second kappa shape index (κ2) is 2.86. The summed E-state index contributed by atoms with van der Waals surface area (Å²) < 4.78 is 1.41. The average molecular weight is 165 g/mol. The van der Waals surface area contributed by atoms with Crippen molar-refractivity contribution >= 4 is 0 Å². The smallest absolute Gasteiger partial charge is 0.313 e. The van der Waals surface area contributed by atoms with Gasteiger partial charge in [-0.05, 0) is 13.3 Å². The summed E-state index contributed by atoms with van der Waals surface area (Å²) in [4.78, 5) is 13.6. The maximum Gasteiger partial charge on any atom is 0.326 e. The summed E-state index contributed by atoms with van der Waals surface area (Å²) in [6.45, 7) is 3.62. The molecule has 1 rings (SSSR count). The second-order valence-corrected chi connectivity index (χ2v) is 2.87. The summed E-state index contributed by atoms with van der Waals surface area (Å²) in [5.74, 6) is 0. The van der Waals surface area contributed by atoms with Crippen molar-refractivity contribution in [2.45, 2.75) is 25.8 Å². The number of rotatable bonds is 2. The fourth-order valence-electron chi connectivity index (χ4n) is 1.01. The molecule has 0 bridgehead atoms. The number of H-pyrrole nitrogens is 1. The zero-order valence-corrected chi connectivity index (χ0v) is 7.16. The average Bonchev–Trinajstić information content (AvgIpc) is 2.51. The van der Waals surface area contributed by atoms with Crippen LogP contribution in [0.1, 0.15) is 20.3 Å².